The number of nitrogens with one attached hydrogen (secondary N) is 1. The quantitative estimate of drug-likeness (QED) is 0.748. The van der Waals surface area contributed by atoms with E-state index in [0.717, 1.165) is 0 Å². The van der Waals surface area contributed by atoms with Crippen molar-refractivity contribution in [1.29, 1.82) is 0 Å². The Bertz CT molecular complexity index is 607. The number of amides is 1. The molecule has 0 aliphatic carbocycles. The summed E-state index contributed by atoms with van der Waals surface area (Å²) in [6, 6.07) is 2.53. The second kappa shape index (κ2) is 8.62. The number of ether oxygens (including phenoxy) is 3. The molecule has 0 heterocycles. The van der Waals surface area contributed by atoms with Crippen LogP contribution in [0.15, 0.2) is 12.1 Å². The van der Waals surface area contributed by atoms with Gasteiger partial charge in [-0.25, -0.2) is 4.79 Å². The highest BCUT2D eigenvalue weighted by Gasteiger charge is 2.28. The number of benzene rings is 1. The highest BCUT2D eigenvalue weighted by molar-refractivity contribution is 6.32. The van der Waals surface area contributed by atoms with E-state index in [9.17, 15) is 22.8 Å². The Morgan fingerprint density at radius 1 is 1.29 bits per heavy atom. The molecule has 1 amide bonds. The van der Waals surface area contributed by atoms with Gasteiger partial charge in [-0.1, -0.05) is 11.6 Å². The monoisotopic (exact) mass is 369 g/mol. The van der Waals surface area contributed by atoms with Crippen LogP contribution < -0.4 is 14.8 Å². The van der Waals surface area contributed by atoms with Crippen LogP contribution >= 0.6 is 11.6 Å². The third-order valence-electron chi connectivity index (χ3n) is 2.57. The molecule has 6 nitrogen and oxygen atoms in total. The summed E-state index contributed by atoms with van der Waals surface area (Å²) in [5, 5.41) is 1.66. The molecule has 0 spiro atoms. The van der Waals surface area contributed by atoms with Crippen LogP contribution in [0, 0.1) is 0 Å². The second-order valence-electron chi connectivity index (χ2n) is 4.39. The molecular formula is C14H15ClF3NO5. The zero-order valence-electron chi connectivity index (χ0n) is 12.8. The van der Waals surface area contributed by atoms with E-state index in [4.69, 9.17) is 21.1 Å². The third-order valence-corrected chi connectivity index (χ3v) is 2.85. The van der Waals surface area contributed by atoms with Crippen molar-refractivity contribution in [2.24, 2.45) is 0 Å². The largest absolute Gasteiger partial charge is 0.493 e. The average Bonchev–Trinajstić information content (AvgIpc) is 2.51. The molecule has 0 saturated carbocycles. The fraction of sp³-hybridized carbons (Fsp3) is 0.429. The van der Waals surface area contributed by atoms with Crippen LogP contribution in [-0.4, -0.2) is 44.9 Å². The molecule has 1 N–H and O–H groups in total. The lowest BCUT2D eigenvalue weighted by atomic mass is 10.2. The molecule has 1 aromatic carbocycles. The van der Waals surface area contributed by atoms with E-state index < -0.39 is 31.2 Å². The predicted molar refractivity (Wildman–Crippen MR) is 78.5 cm³/mol. The van der Waals surface area contributed by atoms with Crippen LogP contribution in [0.1, 0.15) is 17.3 Å². The molecule has 0 bridgehead atoms. The van der Waals surface area contributed by atoms with Crippen LogP contribution in [0.4, 0.5) is 13.2 Å². The van der Waals surface area contributed by atoms with Crippen LogP contribution in [-0.2, 0) is 9.53 Å². The topological polar surface area (TPSA) is 73.9 Å². The van der Waals surface area contributed by atoms with Crippen molar-refractivity contribution in [3.63, 3.8) is 0 Å². The number of alkyl halides is 3. The smallest absolute Gasteiger partial charge is 0.405 e. The Kier molecular flexibility index (Phi) is 7.15. The van der Waals surface area contributed by atoms with Gasteiger partial charge in [-0.05, 0) is 19.1 Å². The molecule has 10 heteroatoms. The Morgan fingerprint density at radius 2 is 1.96 bits per heavy atom. The number of carbonyl (C=O) groups is 2. The first-order chi connectivity index (χ1) is 11.2. The lowest BCUT2D eigenvalue weighted by Gasteiger charge is -2.13. The maximum Gasteiger partial charge on any atom is 0.405 e. The average molecular weight is 370 g/mol. The van der Waals surface area contributed by atoms with Crippen molar-refractivity contribution in [3.05, 3.63) is 22.7 Å². The Labute approximate surface area is 140 Å². The number of carbonyl (C=O) groups excluding carboxylic acids is 2. The number of methoxy groups -OCH3 is 1. The molecule has 24 heavy (non-hydrogen) atoms. The van der Waals surface area contributed by atoms with Gasteiger partial charge in [0.05, 0.1) is 24.3 Å². The summed E-state index contributed by atoms with van der Waals surface area (Å²) >= 11 is 5.98. The highest BCUT2D eigenvalue weighted by Crippen LogP contribution is 2.36. The number of hydrogen-bond acceptors (Lipinski definition) is 5. The first-order valence-corrected chi connectivity index (χ1v) is 7.06. The molecule has 0 aliphatic rings. The summed E-state index contributed by atoms with van der Waals surface area (Å²) in [5.74, 6) is -1.61. The first-order valence-electron chi connectivity index (χ1n) is 6.68. The van der Waals surface area contributed by atoms with Gasteiger partial charge in [0.1, 0.15) is 6.54 Å². The molecule has 134 valence electrons. The number of halogens is 4. The summed E-state index contributed by atoms with van der Waals surface area (Å²) in [6.45, 7) is -0.315. The summed E-state index contributed by atoms with van der Waals surface area (Å²) in [6.07, 6.45) is -4.55. The van der Waals surface area contributed by atoms with Crippen molar-refractivity contribution in [2.45, 2.75) is 13.1 Å². The molecular weight excluding hydrogens is 355 g/mol. The van der Waals surface area contributed by atoms with Crippen LogP contribution in [0.2, 0.25) is 5.02 Å². The van der Waals surface area contributed by atoms with E-state index >= 15 is 0 Å². The Morgan fingerprint density at radius 3 is 2.50 bits per heavy atom. The van der Waals surface area contributed by atoms with E-state index in [2.05, 4.69) is 4.74 Å². The zero-order valence-corrected chi connectivity index (χ0v) is 13.6. The van der Waals surface area contributed by atoms with Crippen molar-refractivity contribution >= 4 is 23.5 Å². The fourth-order valence-corrected chi connectivity index (χ4v) is 1.85. The molecule has 0 aliphatic heterocycles. The van der Waals surface area contributed by atoms with E-state index in [1.807, 2.05) is 0 Å². The van der Waals surface area contributed by atoms with Gasteiger partial charge in [0.15, 0.2) is 18.1 Å². The predicted octanol–water partition coefficient (Wildman–Crippen LogP) is 2.58. The van der Waals surface area contributed by atoms with E-state index in [1.165, 1.54) is 19.2 Å². The van der Waals surface area contributed by atoms with E-state index in [1.54, 1.807) is 12.2 Å². The van der Waals surface area contributed by atoms with Gasteiger partial charge in [-0.2, -0.15) is 13.2 Å². The molecule has 0 radical (unpaired) electrons. The normalized spacial score (nSPS) is 10.9. The summed E-state index contributed by atoms with van der Waals surface area (Å²) in [5.41, 5.74) is -0.0380. The van der Waals surface area contributed by atoms with Crippen molar-refractivity contribution in [3.8, 4) is 11.5 Å². The number of esters is 1. The van der Waals surface area contributed by atoms with Crippen LogP contribution in [0.25, 0.3) is 0 Å². The van der Waals surface area contributed by atoms with Crippen LogP contribution in [0.5, 0.6) is 11.5 Å². The standard InChI is InChI=1S/C14H15ClF3NO5/c1-3-23-12-9(15)4-8(5-10(12)22-2)13(21)24-6-11(20)19-7-14(16,17)18/h4-5H,3,6-7H2,1-2H3,(H,19,20). The van der Waals surface area contributed by atoms with Gasteiger partial charge in [-0.3, -0.25) is 4.79 Å². The molecule has 1 rings (SSSR count). The number of hydrogen-bond donors (Lipinski definition) is 1. The van der Waals surface area contributed by atoms with Gasteiger partial charge in [0.2, 0.25) is 0 Å². The SMILES string of the molecule is CCOc1c(Cl)cc(C(=O)OCC(=O)NCC(F)(F)F)cc1OC. The molecule has 0 unspecified atom stereocenters. The molecule has 0 saturated heterocycles. The van der Waals surface area contributed by atoms with Gasteiger partial charge in [-0.15, -0.1) is 0 Å². The van der Waals surface area contributed by atoms with E-state index in [0.29, 0.717) is 6.61 Å². The van der Waals surface area contributed by atoms with Gasteiger partial charge in [0, 0.05) is 0 Å². The van der Waals surface area contributed by atoms with Crippen molar-refractivity contribution in [2.75, 3.05) is 26.9 Å². The summed E-state index contributed by atoms with van der Waals surface area (Å²) < 4.78 is 50.8. The lowest BCUT2D eigenvalue weighted by molar-refractivity contribution is -0.140. The van der Waals surface area contributed by atoms with Gasteiger partial charge >= 0.3 is 12.1 Å². The van der Waals surface area contributed by atoms with Crippen LogP contribution in [0.3, 0.4) is 0 Å². The molecule has 1 aromatic rings. The zero-order chi connectivity index (χ0) is 18.3. The minimum absolute atomic E-state index is 0.0380. The highest BCUT2D eigenvalue weighted by atomic mass is 35.5. The Balaban J connectivity index is 2.71. The molecule has 0 aromatic heterocycles. The summed E-state index contributed by atoms with van der Waals surface area (Å²) in [4.78, 5) is 23.1. The first kappa shape index (κ1) is 19.9. The van der Waals surface area contributed by atoms with Gasteiger partial charge in [0.25, 0.3) is 5.91 Å². The Hall–Kier alpha value is -2.16. The van der Waals surface area contributed by atoms with Crippen molar-refractivity contribution < 1.29 is 37.0 Å². The van der Waals surface area contributed by atoms with Crippen molar-refractivity contribution in [1.82, 2.24) is 5.32 Å². The number of rotatable bonds is 7. The molecule has 0 atom stereocenters. The minimum Gasteiger partial charge on any atom is -0.493 e. The maximum atomic E-state index is 11.9. The van der Waals surface area contributed by atoms with Gasteiger partial charge < -0.3 is 19.5 Å². The lowest BCUT2D eigenvalue weighted by Crippen LogP contribution is -2.36. The summed E-state index contributed by atoms with van der Waals surface area (Å²) in [7, 11) is 1.34. The minimum atomic E-state index is -4.55. The molecule has 0 fully saturated rings. The van der Waals surface area contributed by atoms with E-state index in [-0.39, 0.29) is 22.1 Å². The second-order valence-corrected chi connectivity index (χ2v) is 4.80. The maximum absolute atomic E-state index is 11.9. The fourth-order valence-electron chi connectivity index (χ4n) is 1.59. The third kappa shape index (κ3) is 6.15.